The summed E-state index contributed by atoms with van der Waals surface area (Å²) in [6.07, 6.45) is 1.39. The summed E-state index contributed by atoms with van der Waals surface area (Å²) in [6, 6.07) is 11.7. The Kier molecular flexibility index (Phi) is 5.44. The largest absolute Gasteiger partial charge is 0.301 e. The van der Waals surface area contributed by atoms with E-state index in [0.717, 1.165) is 16.3 Å². The van der Waals surface area contributed by atoms with E-state index in [-0.39, 0.29) is 11.4 Å². The minimum atomic E-state index is -3.84. The lowest BCUT2D eigenvalue weighted by molar-refractivity contribution is -0.106. The van der Waals surface area contributed by atoms with Crippen LogP contribution >= 0.6 is 11.6 Å². The molecule has 0 amide bonds. The van der Waals surface area contributed by atoms with Crippen molar-refractivity contribution in [3.63, 3.8) is 0 Å². The number of halogens is 1. The van der Waals surface area contributed by atoms with E-state index in [0.29, 0.717) is 22.6 Å². The number of anilines is 1. The highest BCUT2D eigenvalue weighted by Crippen LogP contribution is 2.30. The summed E-state index contributed by atoms with van der Waals surface area (Å²) in [6.45, 7) is 3.46. The molecule has 0 unspecified atom stereocenters. The molecule has 23 heavy (non-hydrogen) atoms. The molecule has 0 bridgehead atoms. The second-order valence-corrected chi connectivity index (χ2v) is 7.35. The first kappa shape index (κ1) is 17.5. The van der Waals surface area contributed by atoms with Crippen LogP contribution in [0, 0.1) is 6.92 Å². The van der Waals surface area contributed by atoms with Gasteiger partial charge < -0.3 is 4.79 Å². The van der Waals surface area contributed by atoms with Gasteiger partial charge in [-0.3, -0.25) is 4.31 Å². The number of carbonyl (C=O) groups excluding carboxylic acids is 1. The number of rotatable bonds is 6. The lowest BCUT2D eigenvalue weighted by atomic mass is 10.2. The molecule has 2 aromatic rings. The monoisotopic (exact) mass is 351 g/mol. The first-order valence-electron chi connectivity index (χ1n) is 7.22. The Morgan fingerprint density at radius 1 is 1.13 bits per heavy atom. The number of aryl methyl sites for hydroxylation is 1. The summed E-state index contributed by atoms with van der Waals surface area (Å²) >= 11 is 6.08. The quantitative estimate of drug-likeness (QED) is 0.747. The lowest BCUT2D eigenvalue weighted by Crippen LogP contribution is -2.33. The smallest absolute Gasteiger partial charge is 0.264 e. The first-order valence-corrected chi connectivity index (χ1v) is 9.04. The van der Waals surface area contributed by atoms with Gasteiger partial charge in [0.1, 0.15) is 6.29 Å². The number of nitrogens with zero attached hydrogens (tertiary/aromatic N) is 1. The van der Waals surface area contributed by atoms with Crippen molar-refractivity contribution in [3.8, 4) is 0 Å². The molecule has 122 valence electrons. The summed E-state index contributed by atoms with van der Waals surface area (Å²) in [4.78, 5) is 11.2. The zero-order valence-corrected chi connectivity index (χ0v) is 14.6. The Labute approximate surface area is 141 Å². The van der Waals surface area contributed by atoms with Crippen molar-refractivity contribution in [2.45, 2.75) is 25.2 Å². The summed E-state index contributed by atoms with van der Waals surface area (Å²) in [5.74, 6) is 0. The van der Waals surface area contributed by atoms with Crippen molar-refractivity contribution in [1.29, 1.82) is 0 Å². The Hall–Kier alpha value is -1.85. The molecule has 0 saturated heterocycles. The molecule has 0 atom stereocenters. The average molecular weight is 352 g/mol. The standard InChI is InChI=1S/C17H18ClNO3S/c1-3-14-7-9-15(10-8-14)23(21,22)19(11-12-20)17-6-4-5-16(18)13(17)2/h4-10,12H,3,11H2,1-2H3. The molecular formula is C17H18ClNO3S. The molecule has 0 N–H and O–H groups in total. The van der Waals surface area contributed by atoms with Crippen LogP contribution in [0.5, 0.6) is 0 Å². The van der Waals surface area contributed by atoms with Crippen LogP contribution in [0.3, 0.4) is 0 Å². The van der Waals surface area contributed by atoms with E-state index >= 15 is 0 Å². The van der Waals surface area contributed by atoms with Crippen LogP contribution < -0.4 is 4.31 Å². The Balaban J connectivity index is 2.54. The van der Waals surface area contributed by atoms with Crippen molar-refractivity contribution < 1.29 is 13.2 Å². The highest BCUT2D eigenvalue weighted by Gasteiger charge is 2.26. The molecule has 4 nitrogen and oxygen atoms in total. The highest BCUT2D eigenvalue weighted by atomic mass is 35.5. The van der Waals surface area contributed by atoms with E-state index in [1.807, 2.05) is 6.92 Å². The van der Waals surface area contributed by atoms with Gasteiger partial charge in [-0.25, -0.2) is 8.42 Å². The van der Waals surface area contributed by atoms with E-state index < -0.39 is 10.0 Å². The third-order valence-electron chi connectivity index (χ3n) is 3.67. The van der Waals surface area contributed by atoms with Crippen LogP contribution in [0.25, 0.3) is 0 Å². The van der Waals surface area contributed by atoms with Gasteiger partial charge >= 0.3 is 0 Å². The van der Waals surface area contributed by atoms with Gasteiger partial charge in [0.15, 0.2) is 0 Å². The van der Waals surface area contributed by atoms with Crippen LogP contribution in [-0.2, 0) is 21.2 Å². The van der Waals surface area contributed by atoms with Crippen LogP contribution in [-0.4, -0.2) is 21.2 Å². The van der Waals surface area contributed by atoms with Gasteiger partial charge in [-0.2, -0.15) is 0 Å². The van der Waals surface area contributed by atoms with Crippen molar-refractivity contribution in [1.82, 2.24) is 0 Å². The number of hydrogen-bond acceptors (Lipinski definition) is 3. The van der Waals surface area contributed by atoms with E-state index in [2.05, 4.69) is 0 Å². The number of benzene rings is 2. The predicted molar refractivity (Wildman–Crippen MR) is 92.6 cm³/mol. The third-order valence-corrected chi connectivity index (χ3v) is 5.87. The maximum absolute atomic E-state index is 12.9. The second kappa shape index (κ2) is 7.15. The molecule has 0 spiro atoms. The van der Waals surface area contributed by atoms with Crippen molar-refractivity contribution >= 4 is 33.6 Å². The molecule has 2 aromatic carbocycles. The van der Waals surface area contributed by atoms with Gasteiger partial charge in [0, 0.05) is 5.02 Å². The number of hydrogen-bond donors (Lipinski definition) is 0. The molecule has 0 heterocycles. The van der Waals surface area contributed by atoms with Crippen LogP contribution in [0.2, 0.25) is 5.02 Å². The predicted octanol–water partition coefficient (Wildman–Crippen LogP) is 3.61. The molecular weight excluding hydrogens is 334 g/mol. The average Bonchev–Trinajstić information content (AvgIpc) is 2.55. The minimum absolute atomic E-state index is 0.149. The first-order chi connectivity index (χ1) is 10.9. The molecule has 0 aliphatic carbocycles. The van der Waals surface area contributed by atoms with E-state index in [1.165, 1.54) is 0 Å². The fourth-order valence-electron chi connectivity index (χ4n) is 2.28. The fourth-order valence-corrected chi connectivity index (χ4v) is 3.90. The summed E-state index contributed by atoms with van der Waals surface area (Å²) in [5.41, 5.74) is 2.07. The zero-order valence-electron chi connectivity index (χ0n) is 13.0. The number of carbonyl (C=O) groups is 1. The molecule has 0 aliphatic rings. The molecule has 0 fully saturated rings. The summed E-state index contributed by atoms with van der Waals surface area (Å²) in [5, 5.41) is 0.454. The second-order valence-electron chi connectivity index (χ2n) is 5.08. The Morgan fingerprint density at radius 3 is 2.35 bits per heavy atom. The molecule has 2 rings (SSSR count). The van der Waals surface area contributed by atoms with Gasteiger partial charge in [-0.1, -0.05) is 36.7 Å². The maximum atomic E-state index is 12.9. The zero-order chi connectivity index (χ0) is 17.0. The van der Waals surface area contributed by atoms with E-state index in [9.17, 15) is 13.2 Å². The maximum Gasteiger partial charge on any atom is 0.264 e. The molecule has 6 heteroatoms. The minimum Gasteiger partial charge on any atom is -0.301 e. The van der Waals surface area contributed by atoms with Crippen LogP contribution in [0.15, 0.2) is 47.4 Å². The van der Waals surface area contributed by atoms with Gasteiger partial charge in [0.2, 0.25) is 0 Å². The normalized spacial score (nSPS) is 11.3. The van der Waals surface area contributed by atoms with Crippen molar-refractivity contribution in [2.75, 3.05) is 10.8 Å². The number of sulfonamides is 1. The fraction of sp³-hybridized carbons (Fsp3) is 0.235. The van der Waals surface area contributed by atoms with Gasteiger partial charge in [-0.15, -0.1) is 0 Å². The Bertz CT molecular complexity index is 801. The summed E-state index contributed by atoms with van der Waals surface area (Å²) in [7, 11) is -3.84. The highest BCUT2D eigenvalue weighted by molar-refractivity contribution is 7.92. The van der Waals surface area contributed by atoms with Gasteiger partial charge in [0.05, 0.1) is 17.1 Å². The van der Waals surface area contributed by atoms with Crippen LogP contribution in [0.1, 0.15) is 18.1 Å². The topological polar surface area (TPSA) is 54.5 Å². The van der Waals surface area contributed by atoms with Crippen molar-refractivity contribution in [2.24, 2.45) is 0 Å². The SMILES string of the molecule is CCc1ccc(S(=O)(=O)N(CC=O)c2cccc(Cl)c2C)cc1. The number of aldehydes is 1. The van der Waals surface area contributed by atoms with E-state index in [1.54, 1.807) is 49.4 Å². The molecule has 0 saturated carbocycles. The van der Waals surface area contributed by atoms with Crippen molar-refractivity contribution in [3.05, 3.63) is 58.6 Å². The van der Waals surface area contributed by atoms with Gasteiger partial charge in [-0.05, 0) is 48.7 Å². The third kappa shape index (κ3) is 3.57. The van der Waals surface area contributed by atoms with Crippen LogP contribution in [0.4, 0.5) is 5.69 Å². The summed E-state index contributed by atoms with van der Waals surface area (Å²) < 4.78 is 26.9. The van der Waals surface area contributed by atoms with E-state index in [4.69, 9.17) is 11.6 Å². The Morgan fingerprint density at radius 2 is 1.78 bits per heavy atom. The van der Waals surface area contributed by atoms with Gasteiger partial charge in [0.25, 0.3) is 10.0 Å². The molecule has 0 radical (unpaired) electrons. The lowest BCUT2D eigenvalue weighted by Gasteiger charge is -2.24. The molecule has 0 aliphatic heterocycles. The molecule has 0 aromatic heterocycles.